The molecule has 0 bridgehead atoms. The van der Waals surface area contributed by atoms with Gasteiger partial charge in [0.25, 0.3) is 0 Å². The predicted molar refractivity (Wildman–Crippen MR) is 311 cm³/mol. The molecule has 0 aliphatic rings. The van der Waals surface area contributed by atoms with Gasteiger partial charge in [-0.1, -0.05) is 265 Å². The van der Waals surface area contributed by atoms with E-state index in [0.717, 1.165) is 89.9 Å². The third-order valence-electron chi connectivity index (χ3n) is 12.5. The van der Waals surface area contributed by atoms with E-state index in [0.29, 0.717) is 19.3 Å². The van der Waals surface area contributed by atoms with E-state index < -0.39 is 12.1 Å². The summed E-state index contributed by atoms with van der Waals surface area (Å²) < 4.78 is 16.7. The van der Waals surface area contributed by atoms with Crippen LogP contribution in [0.1, 0.15) is 271 Å². The van der Waals surface area contributed by atoms with Gasteiger partial charge in [-0.25, -0.2) is 0 Å². The third-order valence-corrected chi connectivity index (χ3v) is 12.5. The van der Waals surface area contributed by atoms with Crippen molar-refractivity contribution in [2.75, 3.05) is 13.2 Å². The average molecular weight is 1000 g/mol. The Morgan fingerprint density at radius 3 is 0.903 bits per heavy atom. The van der Waals surface area contributed by atoms with Crippen molar-refractivity contribution in [2.24, 2.45) is 0 Å². The first kappa shape index (κ1) is 68.1. The topological polar surface area (TPSA) is 78.9 Å². The molecule has 1 atom stereocenters. The van der Waals surface area contributed by atoms with E-state index in [1.54, 1.807) is 0 Å². The standard InChI is InChI=1S/C66H110O6/c1-4-7-10-13-16-19-21-23-25-27-29-30-31-32-33-34-35-36-38-39-41-43-45-47-50-53-56-59-65(68)71-62-63(61-70-64(67)58-55-52-49-18-15-12-9-6-3)72-66(69)60-57-54-51-48-46-44-42-40-37-28-26-24-22-20-17-14-11-8-5-2/h8,11,17,20-21,23-24,26-27,29,31-32,37,40,44,46,51,54,63H,4-7,9-10,12-16,18-19,22,25,28,30,33-36,38-39,41-43,45,47-50,52-53,55-62H2,1-3H3/b11-8-,20-17-,23-21-,26-24-,29-27-,32-31-,40-37-,46-44-,54-51-. The molecule has 72 heavy (non-hydrogen) atoms. The van der Waals surface area contributed by atoms with Crippen LogP contribution >= 0.6 is 0 Å². The van der Waals surface area contributed by atoms with Gasteiger partial charge in [0.1, 0.15) is 13.2 Å². The Balaban J connectivity index is 4.28. The van der Waals surface area contributed by atoms with Crippen molar-refractivity contribution in [3.8, 4) is 0 Å². The van der Waals surface area contributed by atoms with E-state index in [1.165, 1.54) is 135 Å². The van der Waals surface area contributed by atoms with Gasteiger partial charge in [-0.3, -0.25) is 14.4 Å². The largest absolute Gasteiger partial charge is 0.462 e. The zero-order valence-corrected chi connectivity index (χ0v) is 46.9. The van der Waals surface area contributed by atoms with Crippen molar-refractivity contribution in [3.63, 3.8) is 0 Å². The van der Waals surface area contributed by atoms with Crippen molar-refractivity contribution < 1.29 is 28.6 Å². The van der Waals surface area contributed by atoms with Crippen LogP contribution in [0.2, 0.25) is 0 Å². The summed E-state index contributed by atoms with van der Waals surface area (Å²) in [6, 6.07) is 0. The number of hydrogen-bond acceptors (Lipinski definition) is 6. The number of ether oxygens (including phenoxy) is 3. The Bertz CT molecular complexity index is 1470. The molecule has 0 N–H and O–H groups in total. The number of hydrogen-bond donors (Lipinski definition) is 0. The molecule has 0 heterocycles. The minimum atomic E-state index is -0.818. The van der Waals surface area contributed by atoms with Gasteiger partial charge in [0.05, 0.1) is 0 Å². The van der Waals surface area contributed by atoms with Crippen LogP contribution in [0, 0.1) is 0 Å². The molecule has 0 amide bonds. The first-order valence-electron chi connectivity index (χ1n) is 29.9. The molecular weight excluding hydrogens is 889 g/mol. The fraction of sp³-hybridized carbons (Fsp3) is 0.682. The summed E-state index contributed by atoms with van der Waals surface area (Å²) in [6.07, 6.45) is 81.2. The van der Waals surface area contributed by atoms with Crippen LogP contribution in [-0.2, 0) is 28.6 Å². The molecule has 0 fully saturated rings. The van der Waals surface area contributed by atoms with Gasteiger partial charge < -0.3 is 14.2 Å². The lowest BCUT2D eigenvalue weighted by molar-refractivity contribution is -0.166. The van der Waals surface area contributed by atoms with E-state index >= 15 is 0 Å². The van der Waals surface area contributed by atoms with Crippen LogP contribution in [0.3, 0.4) is 0 Å². The van der Waals surface area contributed by atoms with Gasteiger partial charge in [0.15, 0.2) is 6.10 Å². The molecule has 6 nitrogen and oxygen atoms in total. The number of allylic oxidation sites excluding steroid dienone is 18. The zero-order chi connectivity index (χ0) is 52.2. The van der Waals surface area contributed by atoms with Crippen molar-refractivity contribution in [1.29, 1.82) is 0 Å². The van der Waals surface area contributed by atoms with Crippen LogP contribution in [0.5, 0.6) is 0 Å². The van der Waals surface area contributed by atoms with Gasteiger partial charge in [-0.05, 0) is 96.3 Å². The Hall–Kier alpha value is -3.93. The van der Waals surface area contributed by atoms with Gasteiger partial charge in [0, 0.05) is 19.3 Å². The highest BCUT2D eigenvalue weighted by Gasteiger charge is 2.19. The lowest BCUT2D eigenvalue weighted by Crippen LogP contribution is -2.30. The minimum absolute atomic E-state index is 0.108. The van der Waals surface area contributed by atoms with E-state index in [-0.39, 0.29) is 31.6 Å². The molecule has 6 heteroatoms. The number of esters is 3. The Morgan fingerprint density at radius 2 is 0.569 bits per heavy atom. The molecule has 0 radical (unpaired) electrons. The summed E-state index contributed by atoms with van der Waals surface area (Å²) in [6.45, 7) is 6.42. The summed E-state index contributed by atoms with van der Waals surface area (Å²) in [5.74, 6) is -0.999. The number of rotatable bonds is 53. The molecule has 0 aromatic rings. The molecule has 0 aromatic heterocycles. The molecule has 410 valence electrons. The van der Waals surface area contributed by atoms with Gasteiger partial charge in [0.2, 0.25) is 0 Å². The van der Waals surface area contributed by atoms with E-state index in [1.807, 2.05) is 12.2 Å². The third kappa shape index (κ3) is 57.0. The maximum atomic E-state index is 12.8. The first-order valence-corrected chi connectivity index (χ1v) is 29.9. The van der Waals surface area contributed by atoms with Crippen LogP contribution in [0.25, 0.3) is 0 Å². The second kappa shape index (κ2) is 59.6. The summed E-state index contributed by atoms with van der Waals surface area (Å²) in [7, 11) is 0. The summed E-state index contributed by atoms with van der Waals surface area (Å²) in [5, 5.41) is 0. The Labute approximate surface area is 444 Å². The SMILES string of the molecule is CC/C=C\C/C=C\C/C=C\C/C=C\C/C=C\C/C=C\CCC(=O)OC(COC(=O)CCCCCCCCCC)COC(=O)CCCCCCCCCCCCCC/C=C\C/C=C\C/C=C\CCCCCCC. The first-order chi connectivity index (χ1) is 35.5. The van der Waals surface area contributed by atoms with Gasteiger partial charge in [-0.2, -0.15) is 0 Å². The highest BCUT2D eigenvalue weighted by atomic mass is 16.6. The van der Waals surface area contributed by atoms with Crippen LogP contribution in [-0.4, -0.2) is 37.2 Å². The van der Waals surface area contributed by atoms with E-state index in [4.69, 9.17) is 14.2 Å². The van der Waals surface area contributed by atoms with Crippen LogP contribution in [0.15, 0.2) is 109 Å². The quantitative estimate of drug-likeness (QED) is 0.0261. The van der Waals surface area contributed by atoms with Crippen molar-refractivity contribution in [2.45, 2.75) is 277 Å². The molecule has 0 saturated carbocycles. The molecule has 0 aromatic carbocycles. The minimum Gasteiger partial charge on any atom is -0.462 e. The van der Waals surface area contributed by atoms with E-state index in [2.05, 4.69) is 118 Å². The lowest BCUT2D eigenvalue weighted by Gasteiger charge is -2.18. The highest BCUT2D eigenvalue weighted by Crippen LogP contribution is 2.15. The smallest absolute Gasteiger partial charge is 0.306 e. The molecule has 0 aliphatic heterocycles. The molecule has 0 aliphatic carbocycles. The van der Waals surface area contributed by atoms with Crippen LogP contribution in [0.4, 0.5) is 0 Å². The van der Waals surface area contributed by atoms with Crippen molar-refractivity contribution in [3.05, 3.63) is 109 Å². The maximum absolute atomic E-state index is 12.8. The second-order valence-electron chi connectivity index (χ2n) is 19.5. The number of carbonyl (C=O) groups excluding carboxylic acids is 3. The van der Waals surface area contributed by atoms with Crippen LogP contribution < -0.4 is 0 Å². The molecular formula is C66H110O6. The Kier molecular flexibility index (Phi) is 56.4. The monoisotopic (exact) mass is 999 g/mol. The fourth-order valence-electron chi connectivity index (χ4n) is 8.06. The number of carbonyl (C=O) groups is 3. The average Bonchev–Trinajstić information content (AvgIpc) is 3.38. The molecule has 0 saturated heterocycles. The van der Waals surface area contributed by atoms with Gasteiger partial charge >= 0.3 is 17.9 Å². The summed E-state index contributed by atoms with van der Waals surface area (Å²) in [5.41, 5.74) is 0. The molecule has 1 unspecified atom stereocenters. The van der Waals surface area contributed by atoms with Crippen molar-refractivity contribution in [1.82, 2.24) is 0 Å². The molecule has 0 rings (SSSR count). The highest BCUT2D eigenvalue weighted by molar-refractivity contribution is 5.71. The maximum Gasteiger partial charge on any atom is 0.306 e. The summed E-state index contributed by atoms with van der Waals surface area (Å²) >= 11 is 0. The second-order valence-corrected chi connectivity index (χ2v) is 19.5. The van der Waals surface area contributed by atoms with E-state index in [9.17, 15) is 14.4 Å². The van der Waals surface area contributed by atoms with Crippen molar-refractivity contribution >= 4 is 17.9 Å². The zero-order valence-electron chi connectivity index (χ0n) is 46.9. The molecule has 0 spiro atoms. The predicted octanol–water partition coefficient (Wildman–Crippen LogP) is 20.3. The number of unbranched alkanes of at least 4 members (excludes halogenated alkanes) is 24. The Morgan fingerprint density at radius 1 is 0.292 bits per heavy atom. The fourth-order valence-corrected chi connectivity index (χ4v) is 8.06. The lowest BCUT2D eigenvalue weighted by atomic mass is 10.0. The summed E-state index contributed by atoms with van der Waals surface area (Å²) in [4.78, 5) is 38.0. The normalized spacial score (nSPS) is 12.9. The van der Waals surface area contributed by atoms with Gasteiger partial charge in [-0.15, -0.1) is 0 Å².